The van der Waals surface area contributed by atoms with Crippen molar-refractivity contribution in [2.24, 2.45) is 11.8 Å². The van der Waals surface area contributed by atoms with E-state index in [1.165, 1.54) is 4.68 Å². The van der Waals surface area contributed by atoms with Gasteiger partial charge in [-0.3, -0.25) is 9.59 Å². The van der Waals surface area contributed by atoms with E-state index in [-0.39, 0.29) is 28.4 Å². The second kappa shape index (κ2) is 9.40. The zero-order valence-corrected chi connectivity index (χ0v) is 19.3. The number of carbonyl (C=O) groups is 1. The van der Waals surface area contributed by atoms with Crippen LogP contribution in [0.4, 0.5) is 5.69 Å². The Morgan fingerprint density at radius 2 is 1.87 bits per heavy atom. The lowest BCUT2D eigenvalue weighted by Crippen LogP contribution is -2.44. The van der Waals surface area contributed by atoms with E-state index in [1.54, 1.807) is 18.3 Å². The molecule has 162 valence electrons. The Labute approximate surface area is 187 Å². The highest BCUT2D eigenvalue weighted by atomic mass is 35.5. The highest BCUT2D eigenvalue weighted by molar-refractivity contribution is 6.33. The minimum absolute atomic E-state index is 0.0238. The fourth-order valence-corrected chi connectivity index (χ4v) is 3.86. The molecule has 0 aliphatic carbocycles. The predicted octanol–water partition coefficient (Wildman–Crippen LogP) is 4.22. The Morgan fingerprint density at radius 1 is 1.20 bits per heavy atom. The molecule has 3 rings (SSSR count). The van der Waals surface area contributed by atoms with Gasteiger partial charge in [0, 0.05) is 30.1 Å². The molecule has 1 aliphatic rings. The van der Waals surface area contributed by atoms with Crippen LogP contribution in [0, 0.1) is 18.8 Å². The number of halogens is 2. The lowest BCUT2D eigenvalue weighted by atomic mass is 9.94. The third-order valence-electron chi connectivity index (χ3n) is 5.88. The van der Waals surface area contributed by atoms with Crippen molar-refractivity contribution in [3.63, 3.8) is 0 Å². The number of aryl methyl sites for hydroxylation is 1. The van der Waals surface area contributed by atoms with E-state index in [9.17, 15) is 9.59 Å². The molecule has 0 spiro atoms. The van der Waals surface area contributed by atoms with Gasteiger partial charge in [-0.2, -0.15) is 9.78 Å². The molecule has 0 bridgehead atoms. The third-order valence-corrected chi connectivity index (χ3v) is 6.64. The highest BCUT2D eigenvalue weighted by Gasteiger charge is 2.28. The lowest BCUT2D eigenvalue weighted by Gasteiger charge is -2.33. The minimum Gasteiger partial charge on any atom is -0.369 e. The normalized spacial score (nSPS) is 16.0. The molecule has 1 amide bonds. The van der Waals surface area contributed by atoms with E-state index in [1.807, 2.05) is 24.8 Å². The van der Waals surface area contributed by atoms with E-state index in [0.29, 0.717) is 48.2 Å². The quantitative estimate of drug-likeness (QED) is 0.739. The van der Waals surface area contributed by atoms with Crippen molar-refractivity contribution in [3.8, 4) is 5.69 Å². The van der Waals surface area contributed by atoms with Crippen molar-refractivity contribution in [1.29, 1.82) is 0 Å². The number of carbonyl (C=O) groups excluding carboxylic acids is 1. The standard InChI is InChI=1S/C22H28Cl2N4O2/c1-13(2)15(4)26-21(29)16-7-9-27(10-8-16)19-12-25-28(22(30)20(19)24)17-6-5-14(3)18(23)11-17/h5-6,11-13,15-16H,7-10H2,1-4H3,(H,26,29). The van der Waals surface area contributed by atoms with Gasteiger partial charge in [-0.25, -0.2) is 0 Å². The third kappa shape index (κ3) is 4.81. The summed E-state index contributed by atoms with van der Waals surface area (Å²) >= 11 is 12.6. The predicted molar refractivity (Wildman–Crippen MR) is 122 cm³/mol. The molecule has 1 aliphatic heterocycles. The molecular weight excluding hydrogens is 423 g/mol. The fraction of sp³-hybridized carbons (Fsp3) is 0.500. The molecule has 0 radical (unpaired) electrons. The van der Waals surface area contributed by atoms with Gasteiger partial charge in [0.15, 0.2) is 0 Å². The van der Waals surface area contributed by atoms with Gasteiger partial charge in [0.25, 0.3) is 5.56 Å². The Balaban J connectivity index is 1.72. The number of amides is 1. The molecule has 1 N–H and O–H groups in total. The Kier molecular flexibility index (Phi) is 7.09. The zero-order valence-electron chi connectivity index (χ0n) is 17.8. The van der Waals surface area contributed by atoms with Crippen molar-refractivity contribution < 1.29 is 4.79 Å². The average Bonchev–Trinajstić information content (AvgIpc) is 2.72. The van der Waals surface area contributed by atoms with Crippen molar-refractivity contribution in [2.45, 2.75) is 46.6 Å². The van der Waals surface area contributed by atoms with Gasteiger partial charge in [-0.05, 0) is 50.3 Å². The van der Waals surface area contributed by atoms with Crippen LogP contribution in [0.25, 0.3) is 5.69 Å². The first-order chi connectivity index (χ1) is 14.2. The molecule has 1 atom stereocenters. The van der Waals surface area contributed by atoms with Crippen molar-refractivity contribution >= 4 is 34.8 Å². The first-order valence-electron chi connectivity index (χ1n) is 10.3. The van der Waals surface area contributed by atoms with Gasteiger partial charge >= 0.3 is 0 Å². The number of nitrogens with zero attached hydrogens (tertiary/aromatic N) is 3. The maximum absolute atomic E-state index is 12.8. The summed E-state index contributed by atoms with van der Waals surface area (Å²) in [5.74, 6) is 0.477. The number of rotatable bonds is 5. The van der Waals surface area contributed by atoms with Gasteiger partial charge in [-0.15, -0.1) is 0 Å². The molecule has 1 unspecified atom stereocenters. The number of aromatic nitrogens is 2. The zero-order chi connectivity index (χ0) is 22.0. The summed E-state index contributed by atoms with van der Waals surface area (Å²) in [6.45, 7) is 9.40. The summed E-state index contributed by atoms with van der Waals surface area (Å²) < 4.78 is 1.25. The summed E-state index contributed by atoms with van der Waals surface area (Å²) in [5.41, 5.74) is 1.70. The molecule has 1 fully saturated rings. The fourth-order valence-electron chi connectivity index (χ4n) is 3.43. The van der Waals surface area contributed by atoms with Crippen LogP contribution in [0.15, 0.2) is 29.2 Å². The summed E-state index contributed by atoms with van der Waals surface area (Å²) in [6, 6.07) is 5.47. The molecule has 1 saturated heterocycles. The summed E-state index contributed by atoms with van der Waals surface area (Å²) in [7, 11) is 0. The molecule has 2 aromatic rings. The van der Waals surface area contributed by atoms with Gasteiger partial charge in [0.1, 0.15) is 5.02 Å². The van der Waals surface area contributed by atoms with Crippen LogP contribution < -0.4 is 15.8 Å². The van der Waals surface area contributed by atoms with Crippen molar-refractivity contribution in [2.75, 3.05) is 18.0 Å². The van der Waals surface area contributed by atoms with Crippen LogP contribution in [0.1, 0.15) is 39.2 Å². The number of piperidine rings is 1. The second-order valence-electron chi connectivity index (χ2n) is 8.30. The number of anilines is 1. The van der Waals surface area contributed by atoms with E-state index in [0.717, 1.165) is 5.56 Å². The van der Waals surface area contributed by atoms with E-state index in [4.69, 9.17) is 23.2 Å². The van der Waals surface area contributed by atoms with Crippen LogP contribution in [0.2, 0.25) is 10.0 Å². The summed E-state index contributed by atoms with van der Waals surface area (Å²) in [4.78, 5) is 27.3. The number of hydrogen-bond donors (Lipinski definition) is 1. The molecule has 6 nitrogen and oxygen atoms in total. The molecule has 8 heteroatoms. The first kappa shape index (κ1) is 22.6. The lowest BCUT2D eigenvalue weighted by molar-refractivity contribution is -0.126. The largest absolute Gasteiger partial charge is 0.369 e. The Morgan fingerprint density at radius 3 is 2.47 bits per heavy atom. The van der Waals surface area contributed by atoms with Gasteiger partial charge in [-0.1, -0.05) is 43.1 Å². The highest BCUT2D eigenvalue weighted by Crippen LogP contribution is 2.28. The Bertz CT molecular complexity index is 982. The maximum atomic E-state index is 12.8. The first-order valence-corrected chi connectivity index (χ1v) is 11.0. The average molecular weight is 451 g/mol. The van der Waals surface area contributed by atoms with Gasteiger partial charge in [0.05, 0.1) is 17.6 Å². The second-order valence-corrected chi connectivity index (χ2v) is 9.08. The van der Waals surface area contributed by atoms with Crippen LogP contribution in [-0.2, 0) is 4.79 Å². The molecule has 1 aromatic carbocycles. The van der Waals surface area contributed by atoms with Crippen LogP contribution in [-0.4, -0.2) is 34.8 Å². The number of benzene rings is 1. The van der Waals surface area contributed by atoms with E-state index in [2.05, 4.69) is 24.3 Å². The summed E-state index contributed by atoms with van der Waals surface area (Å²) in [5, 5.41) is 8.09. The van der Waals surface area contributed by atoms with Crippen LogP contribution in [0.5, 0.6) is 0 Å². The SMILES string of the molecule is Cc1ccc(-n2ncc(N3CCC(C(=O)NC(C)C(C)C)CC3)c(Cl)c2=O)cc1Cl. The summed E-state index contributed by atoms with van der Waals surface area (Å²) in [6.07, 6.45) is 3.03. The van der Waals surface area contributed by atoms with Crippen LogP contribution >= 0.6 is 23.2 Å². The van der Waals surface area contributed by atoms with Gasteiger partial charge in [0.2, 0.25) is 5.91 Å². The number of hydrogen-bond acceptors (Lipinski definition) is 4. The van der Waals surface area contributed by atoms with Gasteiger partial charge < -0.3 is 10.2 Å². The Hall–Kier alpha value is -2.05. The van der Waals surface area contributed by atoms with E-state index >= 15 is 0 Å². The van der Waals surface area contributed by atoms with Crippen LogP contribution in [0.3, 0.4) is 0 Å². The maximum Gasteiger partial charge on any atom is 0.292 e. The molecule has 2 heterocycles. The molecule has 1 aromatic heterocycles. The molecule has 0 saturated carbocycles. The van der Waals surface area contributed by atoms with E-state index < -0.39 is 0 Å². The molecule has 30 heavy (non-hydrogen) atoms. The molecular formula is C22H28Cl2N4O2. The van der Waals surface area contributed by atoms with Crippen molar-refractivity contribution in [1.82, 2.24) is 15.1 Å². The minimum atomic E-state index is -0.389. The van der Waals surface area contributed by atoms with Crippen molar-refractivity contribution in [3.05, 3.63) is 50.4 Å². The topological polar surface area (TPSA) is 67.2 Å². The monoisotopic (exact) mass is 450 g/mol. The smallest absolute Gasteiger partial charge is 0.292 e. The number of nitrogens with one attached hydrogen (secondary N) is 1.